The van der Waals surface area contributed by atoms with Gasteiger partial charge in [-0.3, -0.25) is 14.6 Å². The molecular weight excluding hydrogens is 521 g/mol. The Morgan fingerprint density at radius 3 is 2.47 bits per heavy atom. The van der Waals surface area contributed by atoms with Gasteiger partial charge in [-0.05, 0) is 60.0 Å². The third-order valence-electron chi connectivity index (χ3n) is 6.46. The van der Waals surface area contributed by atoms with Crippen LogP contribution in [0.1, 0.15) is 25.3 Å². The lowest BCUT2D eigenvalue weighted by molar-refractivity contribution is -0.121. The van der Waals surface area contributed by atoms with Crippen molar-refractivity contribution in [3.63, 3.8) is 0 Å². The summed E-state index contributed by atoms with van der Waals surface area (Å²) in [5.41, 5.74) is 3.70. The summed E-state index contributed by atoms with van der Waals surface area (Å²) in [6.07, 6.45) is 1.35. The third-order valence-corrected chi connectivity index (χ3v) is 6.90. The van der Waals surface area contributed by atoms with Crippen molar-refractivity contribution < 1.29 is 9.59 Å². The first-order valence-electron chi connectivity index (χ1n) is 12.5. The number of likely N-dealkylation sites (tertiary alicyclic amines) is 1. The normalized spacial score (nSPS) is 15.1. The summed E-state index contributed by atoms with van der Waals surface area (Å²) in [7, 11) is 0. The highest BCUT2D eigenvalue weighted by molar-refractivity contribution is 6.35. The van der Waals surface area contributed by atoms with E-state index in [-0.39, 0.29) is 18.0 Å². The number of rotatable bonds is 8. The summed E-state index contributed by atoms with van der Waals surface area (Å²) in [6.45, 7) is 4.53. The molecule has 2 N–H and O–H groups in total. The average molecular weight is 550 g/mol. The van der Waals surface area contributed by atoms with Gasteiger partial charge in [0.15, 0.2) is 0 Å². The lowest BCUT2D eigenvalue weighted by atomic mass is 10.0. The maximum Gasteiger partial charge on any atom is 0.326 e. The van der Waals surface area contributed by atoms with Crippen LogP contribution in [0, 0.1) is 11.3 Å². The number of hydrogen-bond acceptors (Lipinski definition) is 4. The van der Waals surface area contributed by atoms with Crippen LogP contribution in [-0.2, 0) is 4.79 Å². The van der Waals surface area contributed by atoms with E-state index in [2.05, 4.69) is 21.6 Å². The molecule has 7 nitrogen and oxygen atoms in total. The Morgan fingerprint density at radius 1 is 1.05 bits per heavy atom. The van der Waals surface area contributed by atoms with Crippen LogP contribution in [0.2, 0.25) is 10.0 Å². The number of nitrogens with zero attached hydrogens (tertiary/aromatic N) is 3. The number of amides is 3. The van der Waals surface area contributed by atoms with Crippen LogP contribution in [-0.4, -0.2) is 49.1 Å². The van der Waals surface area contributed by atoms with Gasteiger partial charge in [0.05, 0.1) is 11.6 Å². The van der Waals surface area contributed by atoms with Crippen molar-refractivity contribution in [2.45, 2.75) is 25.8 Å². The quantitative estimate of drug-likeness (QED) is 0.351. The second-order valence-corrected chi connectivity index (χ2v) is 10.1. The van der Waals surface area contributed by atoms with Crippen LogP contribution in [0.5, 0.6) is 0 Å². The fourth-order valence-corrected chi connectivity index (χ4v) is 5.02. The van der Waals surface area contributed by atoms with Crippen molar-refractivity contribution in [1.29, 1.82) is 5.26 Å². The molecule has 3 aromatic carbocycles. The lowest BCUT2D eigenvalue weighted by Gasteiger charge is -2.26. The highest BCUT2D eigenvalue weighted by Gasteiger charge is 2.25. The molecule has 1 aliphatic heterocycles. The summed E-state index contributed by atoms with van der Waals surface area (Å²) in [5, 5.41) is 16.0. The molecule has 1 heterocycles. The van der Waals surface area contributed by atoms with E-state index < -0.39 is 0 Å². The molecule has 1 saturated heterocycles. The number of carbonyl (C=O) groups is 2. The lowest BCUT2D eigenvalue weighted by Crippen LogP contribution is -2.42. The molecular formula is C29H29Cl2N5O2. The number of hydrogen-bond donors (Lipinski definition) is 2. The smallest absolute Gasteiger partial charge is 0.326 e. The Hall–Kier alpha value is -3.57. The number of anilines is 2. The maximum absolute atomic E-state index is 13.4. The van der Waals surface area contributed by atoms with E-state index in [9.17, 15) is 14.9 Å². The fourth-order valence-electron chi connectivity index (χ4n) is 4.49. The minimum Gasteiger partial charge on any atom is -0.352 e. The molecule has 3 amide bonds. The number of nitrogens with one attached hydrogen (secondary N) is 2. The van der Waals surface area contributed by atoms with Crippen molar-refractivity contribution >= 4 is 46.5 Å². The predicted octanol–water partition coefficient (Wildman–Crippen LogP) is 6.17. The van der Waals surface area contributed by atoms with Crippen molar-refractivity contribution in [3.05, 3.63) is 82.3 Å². The minimum atomic E-state index is -0.308. The zero-order valence-corrected chi connectivity index (χ0v) is 22.6. The Bertz CT molecular complexity index is 1320. The van der Waals surface area contributed by atoms with Crippen LogP contribution in [0.3, 0.4) is 0 Å². The summed E-state index contributed by atoms with van der Waals surface area (Å²) >= 11 is 12.3. The molecule has 9 heteroatoms. The van der Waals surface area contributed by atoms with E-state index in [1.165, 1.54) is 0 Å². The molecule has 1 fully saturated rings. The molecule has 196 valence electrons. The number of halogens is 2. The first-order chi connectivity index (χ1) is 18.3. The molecule has 0 aliphatic carbocycles. The van der Waals surface area contributed by atoms with Gasteiger partial charge in [0.2, 0.25) is 5.91 Å². The molecule has 3 aromatic rings. The van der Waals surface area contributed by atoms with E-state index in [1.807, 2.05) is 49.4 Å². The van der Waals surface area contributed by atoms with Gasteiger partial charge in [-0.15, -0.1) is 0 Å². The summed E-state index contributed by atoms with van der Waals surface area (Å²) in [5.74, 6) is 0.0541. The third kappa shape index (κ3) is 7.26. The highest BCUT2D eigenvalue weighted by Crippen LogP contribution is 2.26. The molecule has 4 rings (SSSR count). The molecule has 38 heavy (non-hydrogen) atoms. The van der Waals surface area contributed by atoms with Crippen LogP contribution in [0.25, 0.3) is 11.1 Å². The molecule has 0 saturated carbocycles. The van der Waals surface area contributed by atoms with Crippen LogP contribution >= 0.6 is 23.2 Å². The van der Waals surface area contributed by atoms with Crippen LogP contribution in [0.4, 0.5) is 16.2 Å². The van der Waals surface area contributed by atoms with E-state index in [0.29, 0.717) is 40.8 Å². The van der Waals surface area contributed by atoms with Gasteiger partial charge >= 0.3 is 6.03 Å². The molecule has 0 radical (unpaired) electrons. The monoisotopic (exact) mass is 549 g/mol. The average Bonchev–Trinajstić information content (AvgIpc) is 3.35. The van der Waals surface area contributed by atoms with Gasteiger partial charge in [-0.2, -0.15) is 5.26 Å². The highest BCUT2D eigenvalue weighted by atomic mass is 35.5. The molecule has 1 aliphatic rings. The van der Waals surface area contributed by atoms with Gasteiger partial charge in [0, 0.05) is 60.1 Å². The zero-order chi connectivity index (χ0) is 27.1. The van der Waals surface area contributed by atoms with E-state index in [1.54, 1.807) is 29.2 Å². The topological polar surface area (TPSA) is 88.5 Å². The Kier molecular flexibility index (Phi) is 9.24. The van der Waals surface area contributed by atoms with E-state index >= 15 is 0 Å². The van der Waals surface area contributed by atoms with Gasteiger partial charge < -0.3 is 10.6 Å². The first kappa shape index (κ1) is 27.5. The van der Waals surface area contributed by atoms with E-state index in [4.69, 9.17) is 23.2 Å². The number of carbonyl (C=O) groups excluding carboxylic acids is 2. The number of benzene rings is 3. The summed E-state index contributed by atoms with van der Waals surface area (Å²) in [4.78, 5) is 29.2. The fraction of sp³-hybridized carbons (Fsp3) is 0.276. The molecule has 0 aromatic heterocycles. The van der Waals surface area contributed by atoms with Crippen molar-refractivity contribution in [3.8, 4) is 17.2 Å². The van der Waals surface area contributed by atoms with E-state index in [0.717, 1.165) is 36.3 Å². The van der Waals surface area contributed by atoms with Gasteiger partial charge in [-0.25, -0.2) is 4.79 Å². The van der Waals surface area contributed by atoms with Crippen molar-refractivity contribution in [2.24, 2.45) is 0 Å². The SMILES string of the molecule is CCC(=O)N[C@@H]1CCN(CCN(C(=O)Nc2cc(Cl)cc(Cl)c2)c2ccc(-c3cccc(C#N)c3)cc2)C1. The van der Waals surface area contributed by atoms with Gasteiger partial charge in [-0.1, -0.05) is 54.4 Å². The minimum absolute atomic E-state index is 0.0541. The zero-order valence-electron chi connectivity index (χ0n) is 21.1. The maximum atomic E-state index is 13.4. The first-order valence-corrected chi connectivity index (χ1v) is 13.3. The second-order valence-electron chi connectivity index (χ2n) is 9.19. The second kappa shape index (κ2) is 12.8. The molecule has 0 unspecified atom stereocenters. The summed E-state index contributed by atoms with van der Waals surface area (Å²) < 4.78 is 0. The standard InChI is InChI=1S/C29H29Cl2N5O2/c1-2-28(37)33-25-10-11-35(19-25)12-13-36(29(38)34-26-16-23(30)15-24(31)17-26)27-8-6-21(7-9-27)22-5-3-4-20(14-22)18-32/h3-9,14-17,25H,2,10-13,19H2,1H3,(H,33,37)(H,34,38)/t25-/m1/s1. The van der Waals surface area contributed by atoms with Gasteiger partial charge in [0.25, 0.3) is 0 Å². The molecule has 1 atom stereocenters. The van der Waals surface area contributed by atoms with Crippen LogP contribution < -0.4 is 15.5 Å². The Balaban J connectivity index is 1.51. The van der Waals surface area contributed by atoms with Crippen LogP contribution in [0.15, 0.2) is 66.7 Å². The number of nitriles is 1. The van der Waals surface area contributed by atoms with Gasteiger partial charge in [0.1, 0.15) is 0 Å². The molecule has 0 bridgehead atoms. The van der Waals surface area contributed by atoms with Crippen molar-refractivity contribution in [2.75, 3.05) is 36.4 Å². The number of urea groups is 1. The Morgan fingerprint density at radius 2 is 1.79 bits per heavy atom. The summed E-state index contributed by atoms with van der Waals surface area (Å²) in [6, 6.07) is 22.0. The largest absolute Gasteiger partial charge is 0.352 e. The predicted molar refractivity (Wildman–Crippen MR) is 153 cm³/mol. The molecule has 0 spiro atoms. The van der Waals surface area contributed by atoms with Crippen molar-refractivity contribution in [1.82, 2.24) is 10.2 Å². The Labute approximate surface area is 232 Å².